The lowest BCUT2D eigenvalue weighted by Crippen LogP contribution is -2.60. The molecule has 2 aromatic carbocycles. The van der Waals surface area contributed by atoms with Crippen molar-refractivity contribution in [3.8, 4) is 23.0 Å². The molecule has 0 radical (unpaired) electrons. The minimum atomic E-state index is -2.75. The predicted molar refractivity (Wildman–Crippen MR) is 503 cm³/mol. The van der Waals surface area contributed by atoms with Crippen LogP contribution < -0.4 is 52.7 Å². The summed E-state index contributed by atoms with van der Waals surface area (Å²) in [6.07, 6.45) is -0.315. The Hall–Kier alpha value is -5.32. The SMILES string of the molecule is CC[C@H]1SC(n2ccc(=O)[nH]c2=O)[C@H](O)[C@@H]1O.COc1ccc(C(=O)O[C@H]2C(n3ccc(=O)[nH]c3=O)S[C@@H]3CO[Si](C(C)C)(C(C)C)OC[Si](C(C)C)(C(C)C)CO[C@H]32)c(OC)c1.COc1ccc(C(=O)O[C@H]2CS[C@@H]3CO[Si](C(C)C)(C(C)C)OC[Si](C(C)C)(C(C)C)CO[C@@H]23)c(OC)c1.O=c1ccn(C2S[C@H](CO)[C@@H](O)[C@H]2O)c(=O)[nH]1.OC[C@H]1SC[C@H](O)[C@@H]1O. The Morgan fingerprint density at radius 1 is 0.441 bits per heavy atom. The lowest BCUT2D eigenvalue weighted by molar-refractivity contribution is -0.0497. The number of aliphatic hydroxyl groups excluding tert-OH is 8. The van der Waals surface area contributed by atoms with Crippen LogP contribution in [0, 0.1) is 0 Å². The number of H-pyrrole nitrogens is 3. The fraction of sp³-hybridized carbons (Fsp3) is 0.690. The fourth-order valence-electron chi connectivity index (χ4n) is 16.9. The summed E-state index contributed by atoms with van der Waals surface area (Å²) in [6, 6.07) is 13.7. The van der Waals surface area contributed by atoms with Gasteiger partial charge in [0.25, 0.3) is 16.7 Å². The minimum Gasteiger partial charge on any atom is -0.497 e. The zero-order valence-corrected chi connectivity index (χ0v) is 84.4. The second-order valence-electron chi connectivity index (χ2n) is 35.1. The molecule has 34 nitrogen and oxygen atoms in total. The van der Waals surface area contributed by atoms with Crippen LogP contribution in [-0.4, -0.2) is 293 Å². The van der Waals surface area contributed by atoms with Crippen molar-refractivity contribution in [3.05, 3.63) is 147 Å². The first-order chi connectivity index (χ1) is 59.9. The van der Waals surface area contributed by atoms with Gasteiger partial charge < -0.3 is 96.5 Å². The van der Waals surface area contributed by atoms with Crippen LogP contribution >= 0.6 is 58.8 Å². The summed E-state index contributed by atoms with van der Waals surface area (Å²) in [5, 5.41) is 71.5. The number of aromatic nitrogens is 6. The minimum absolute atomic E-state index is 0.0527. The van der Waals surface area contributed by atoms with Crippen LogP contribution in [0.4, 0.5) is 0 Å². The Labute approximate surface area is 766 Å². The monoisotopic (exact) mass is 1950 g/mol. The van der Waals surface area contributed by atoms with Crippen molar-refractivity contribution in [1.29, 1.82) is 0 Å². The normalized spacial score (nSPS) is 28.4. The quantitative estimate of drug-likeness (QED) is 0.0232. The van der Waals surface area contributed by atoms with Crippen LogP contribution in [0.3, 0.4) is 0 Å². The van der Waals surface area contributed by atoms with Gasteiger partial charge >= 0.3 is 46.1 Å². The number of nitrogens with zero attached hydrogens (tertiary/aromatic N) is 3. The van der Waals surface area contributed by atoms with Gasteiger partial charge in [0.2, 0.25) is 0 Å². The Morgan fingerprint density at radius 3 is 1.18 bits per heavy atom. The van der Waals surface area contributed by atoms with Gasteiger partial charge in [-0.2, -0.15) is 11.8 Å². The molecule has 43 heteroatoms. The molecule has 7 saturated heterocycles. The van der Waals surface area contributed by atoms with Crippen molar-refractivity contribution in [2.24, 2.45) is 0 Å². The molecule has 10 heterocycles. The number of ether oxygens (including phenoxy) is 8. The first-order valence-corrected chi connectivity index (χ1v) is 57.1. The molecule has 7 fully saturated rings. The predicted octanol–water partition coefficient (Wildman–Crippen LogP) is 7.78. The Balaban J connectivity index is 0.000000217. The number of esters is 2. The van der Waals surface area contributed by atoms with Crippen molar-refractivity contribution >= 4 is 104 Å². The van der Waals surface area contributed by atoms with E-state index in [1.807, 2.05) is 6.92 Å². The maximum absolute atomic E-state index is 13.9. The third-order valence-electron chi connectivity index (χ3n) is 25.3. The highest BCUT2D eigenvalue weighted by Gasteiger charge is 2.58. The maximum Gasteiger partial charge on any atom is 0.343 e. The fourth-order valence-corrected chi connectivity index (χ4v) is 40.8. The van der Waals surface area contributed by atoms with Gasteiger partial charge in [0.05, 0.1) is 100 Å². The van der Waals surface area contributed by atoms with Crippen molar-refractivity contribution in [1.82, 2.24) is 28.7 Å². The Morgan fingerprint density at radius 2 is 0.835 bits per heavy atom. The summed E-state index contributed by atoms with van der Waals surface area (Å²) >= 11 is 7.06. The molecule has 3 aromatic heterocycles. The third-order valence-corrected chi connectivity index (χ3v) is 54.3. The maximum atomic E-state index is 13.9. The smallest absolute Gasteiger partial charge is 0.343 e. The number of aromatic amines is 3. The lowest BCUT2D eigenvalue weighted by atomic mass is 10.1. The number of methoxy groups -OCH3 is 4. The van der Waals surface area contributed by atoms with Gasteiger partial charge in [-0.25, -0.2) is 24.0 Å². The van der Waals surface area contributed by atoms with E-state index in [1.54, 1.807) is 62.4 Å². The van der Waals surface area contributed by atoms with Crippen LogP contribution in [0.25, 0.3) is 0 Å². The Kier molecular flexibility index (Phi) is 40.1. The molecule has 0 spiro atoms. The van der Waals surface area contributed by atoms with Crippen molar-refractivity contribution in [2.75, 3.05) is 91.3 Å². The molecule has 714 valence electrons. The third kappa shape index (κ3) is 24.8. The van der Waals surface area contributed by atoms with E-state index in [-0.39, 0.29) is 63.1 Å². The molecular weight excluding hydrogens is 1810 g/mol. The van der Waals surface area contributed by atoms with Gasteiger partial charge in [0.1, 0.15) is 96.9 Å². The highest BCUT2D eigenvalue weighted by atomic mass is 32.2. The number of hydrogen-bond donors (Lipinski definition) is 11. The second kappa shape index (κ2) is 47.5. The Bertz CT molecular complexity index is 4630. The van der Waals surface area contributed by atoms with E-state index in [0.717, 1.165) is 28.6 Å². The van der Waals surface area contributed by atoms with Crippen LogP contribution in [-0.2, 0) is 36.7 Å². The van der Waals surface area contributed by atoms with E-state index in [2.05, 4.69) is 126 Å². The van der Waals surface area contributed by atoms with E-state index in [0.29, 0.717) is 112 Å². The second-order valence-corrected chi connectivity index (χ2v) is 61.1. The lowest BCUT2D eigenvalue weighted by Gasteiger charge is -2.46. The molecule has 0 bridgehead atoms. The first kappa shape index (κ1) is 107. The van der Waals surface area contributed by atoms with Crippen molar-refractivity contribution < 1.29 is 106 Å². The molecule has 7 aliphatic rings. The standard InChI is InChI=1S/C32H50N2O9SSi2.C28H48O7SSi2.C10H14N2O4S.C9H12N2O5S.C5H10O3S/c1-19(2)45(20(3)4)17-40-28-26(16-41-46(21(5)6,22(7)8)42-18-45)44-30(34-14-13-27(35)33-32(34)37)29(28)43-31(36)24-12-11-23(38-9)15-25(24)39-10;1-18(2)37(19(3)4)16-32-27-25(35-28(29)23-12-11-22(30-9)13-24(23)31-10)15-36-26(27)14-33-38(20(5)6,21(7)8)34-17-37;1-2-5-7(14)8(15)9(17-5)12-4-3-6(13)11-10(12)16;12-3-4-6(14)7(15)8(17-4)11-2-1-5(13)10-9(11)16;6-1-4-5(8)3(7)2-9-4/h11-15,19-22,26,28-30H,16-18H2,1-10H3,(H,33,35,37);11-13,18-21,25-27H,14-17H2,1-10H3;3-5,7-9,14-15H,2H2,1H3,(H,11,13,16);1-2,4,6-8,12,14-15H,3H2,(H,10,13,16);3-8H,1-2H2/t26-,28-,29-,30?;25-,26+,27-;5-,7-,8-,9?;4-,6-,7-,8?;3-,4+,5-/m10110/s1. The van der Waals surface area contributed by atoms with Gasteiger partial charge in [-0.15, -0.1) is 47.0 Å². The number of nitrogens with one attached hydrogen (secondary N) is 3. The zero-order valence-electron chi connectivity index (χ0n) is 76.3. The van der Waals surface area contributed by atoms with E-state index in [1.165, 1.54) is 89.4 Å². The van der Waals surface area contributed by atoms with Gasteiger partial charge in [0, 0.05) is 90.6 Å². The molecular formula is C84H134N6O28S5Si4. The average molecular weight is 1950 g/mol. The first-order valence-electron chi connectivity index (χ1n) is 43.0. The molecule has 0 aliphatic carbocycles. The highest BCUT2D eigenvalue weighted by molar-refractivity contribution is 8.01. The van der Waals surface area contributed by atoms with E-state index in [9.17, 15) is 58.8 Å². The number of aliphatic hydroxyl groups is 8. The van der Waals surface area contributed by atoms with E-state index >= 15 is 0 Å². The van der Waals surface area contributed by atoms with E-state index < -0.39 is 149 Å². The van der Waals surface area contributed by atoms with Crippen LogP contribution in [0.1, 0.15) is 161 Å². The molecule has 3 unspecified atom stereocenters. The van der Waals surface area contributed by atoms with Gasteiger partial charge in [-0.1, -0.05) is 118 Å². The molecule has 5 aromatic rings. The molecule has 12 rings (SSSR count). The molecule has 0 amide bonds. The van der Waals surface area contributed by atoms with Crippen molar-refractivity contribution in [2.45, 2.75) is 272 Å². The molecule has 0 saturated carbocycles. The number of rotatable bonds is 22. The number of thioether (sulfide) groups is 5. The average Bonchev–Trinajstić information content (AvgIpc) is 1.62. The molecule has 18 atom stereocenters. The molecule has 7 aliphatic heterocycles. The van der Waals surface area contributed by atoms with Crippen molar-refractivity contribution in [3.63, 3.8) is 0 Å². The van der Waals surface area contributed by atoms with Gasteiger partial charge in [0.15, 0.2) is 6.10 Å². The summed E-state index contributed by atoms with van der Waals surface area (Å²) in [7, 11) is -3.46. The topological polar surface area (TPSA) is 471 Å². The van der Waals surface area contributed by atoms with Crippen LogP contribution in [0.15, 0.2) is 102 Å². The van der Waals surface area contributed by atoms with Gasteiger partial charge in [-0.05, 0) is 75.0 Å². The van der Waals surface area contributed by atoms with E-state index in [4.69, 9.17) is 76.0 Å². The number of carbonyl (C=O) groups excluding carboxylic acids is 2. The largest absolute Gasteiger partial charge is 0.497 e. The summed E-state index contributed by atoms with van der Waals surface area (Å²) in [5.41, 5.74) is -0.0569. The number of fused-ring (bicyclic) bond motifs is 2. The zero-order chi connectivity index (χ0) is 94.2. The van der Waals surface area contributed by atoms with Gasteiger partial charge in [-0.3, -0.25) is 43.0 Å². The number of benzene rings is 2. The summed E-state index contributed by atoms with van der Waals surface area (Å²) in [5.74, 6) is 2.05. The highest BCUT2D eigenvalue weighted by Crippen LogP contribution is 2.51. The summed E-state index contributed by atoms with van der Waals surface area (Å²) in [6.45, 7) is 38.3. The number of hydrogen-bond acceptors (Lipinski definition) is 33. The van der Waals surface area contributed by atoms with Crippen LogP contribution in [0.2, 0.25) is 44.3 Å². The molecule has 127 heavy (non-hydrogen) atoms. The summed E-state index contributed by atoms with van der Waals surface area (Å²) in [4.78, 5) is 104. The number of carbonyl (C=O) groups is 2. The summed E-state index contributed by atoms with van der Waals surface area (Å²) < 4.78 is 79.3. The van der Waals surface area contributed by atoms with Crippen LogP contribution in [0.5, 0.6) is 23.0 Å². The molecule has 11 N–H and O–H groups in total.